The number of aryl methyl sites for hydroxylation is 3. The van der Waals surface area contributed by atoms with Crippen molar-refractivity contribution >= 4 is 11.6 Å². The van der Waals surface area contributed by atoms with Crippen LogP contribution in [0.15, 0.2) is 30.6 Å². The number of imidazole rings is 1. The Morgan fingerprint density at radius 1 is 1.26 bits per heavy atom. The van der Waals surface area contributed by atoms with Gasteiger partial charge in [0.2, 0.25) is 5.95 Å². The molecule has 0 aliphatic heterocycles. The predicted octanol–water partition coefficient (Wildman–Crippen LogP) is 3.28. The second-order valence-corrected chi connectivity index (χ2v) is 4.71. The molecule has 1 aromatic heterocycles. The second kappa shape index (κ2) is 6.38. The van der Waals surface area contributed by atoms with E-state index < -0.39 is 0 Å². The number of methoxy groups -OCH3 is 1. The van der Waals surface area contributed by atoms with Crippen LogP contribution in [-0.4, -0.2) is 23.3 Å². The Morgan fingerprint density at radius 2 is 2.11 bits per heavy atom. The fourth-order valence-corrected chi connectivity index (χ4v) is 1.94. The summed E-state index contributed by atoms with van der Waals surface area (Å²) in [6.07, 6.45) is 4.78. The summed E-state index contributed by atoms with van der Waals surface area (Å²) in [5.41, 5.74) is 3.65. The van der Waals surface area contributed by atoms with E-state index in [1.54, 1.807) is 7.11 Å². The molecule has 0 aliphatic rings. The van der Waals surface area contributed by atoms with E-state index in [9.17, 15) is 0 Å². The lowest BCUT2D eigenvalue weighted by Crippen LogP contribution is -2.05. The first-order chi connectivity index (χ1) is 9.20. The molecule has 1 heterocycles. The van der Waals surface area contributed by atoms with Crippen LogP contribution in [0.3, 0.4) is 0 Å². The summed E-state index contributed by atoms with van der Waals surface area (Å²) in [6.45, 7) is 5.90. The lowest BCUT2D eigenvalue weighted by molar-refractivity contribution is 0.190. The number of benzene rings is 1. The number of nitrogens with one attached hydrogen (secondary N) is 1. The van der Waals surface area contributed by atoms with Gasteiger partial charge in [-0.3, -0.25) is 0 Å². The predicted molar refractivity (Wildman–Crippen MR) is 77.9 cm³/mol. The van der Waals surface area contributed by atoms with Gasteiger partial charge in [0.15, 0.2) is 0 Å². The molecule has 0 amide bonds. The maximum Gasteiger partial charge on any atom is 0.207 e. The van der Waals surface area contributed by atoms with Gasteiger partial charge in [-0.15, -0.1) is 0 Å². The van der Waals surface area contributed by atoms with Gasteiger partial charge in [-0.2, -0.15) is 0 Å². The smallest absolute Gasteiger partial charge is 0.207 e. The number of aromatic nitrogens is 2. The molecule has 2 aromatic rings. The molecule has 1 aromatic carbocycles. The molecule has 1 N–H and O–H groups in total. The molecule has 0 saturated heterocycles. The van der Waals surface area contributed by atoms with Crippen LogP contribution < -0.4 is 5.32 Å². The molecular weight excluding hydrogens is 238 g/mol. The minimum atomic E-state index is 0.765. The van der Waals surface area contributed by atoms with Gasteiger partial charge in [0.1, 0.15) is 0 Å². The third-order valence-electron chi connectivity index (χ3n) is 3.23. The fraction of sp³-hybridized carbons (Fsp3) is 0.400. The van der Waals surface area contributed by atoms with E-state index in [2.05, 4.69) is 46.9 Å². The van der Waals surface area contributed by atoms with Gasteiger partial charge < -0.3 is 14.6 Å². The van der Waals surface area contributed by atoms with E-state index in [0.717, 1.165) is 31.2 Å². The fourth-order valence-electron chi connectivity index (χ4n) is 1.94. The summed E-state index contributed by atoms with van der Waals surface area (Å²) in [7, 11) is 1.72. The molecule has 4 nitrogen and oxygen atoms in total. The minimum Gasteiger partial charge on any atom is -0.385 e. The molecule has 0 atom stereocenters. The molecule has 4 heteroatoms. The maximum absolute atomic E-state index is 5.07. The van der Waals surface area contributed by atoms with Gasteiger partial charge in [-0.25, -0.2) is 4.98 Å². The summed E-state index contributed by atoms with van der Waals surface area (Å²) < 4.78 is 7.18. The molecular formula is C15H21N3O. The molecule has 0 radical (unpaired) electrons. The number of hydrogen-bond donors (Lipinski definition) is 1. The summed E-state index contributed by atoms with van der Waals surface area (Å²) in [6, 6.07) is 6.34. The van der Waals surface area contributed by atoms with Gasteiger partial charge >= 0.3 is 0 Å². The van der Waals surface area contributed by atoms with Crippen molar-refractivity contribution in [2.24, 2.45) is 0 Å². The SMILES string of the molecule is COCCCn1ccnc1Nc1ccc(C)c(C)c1. The van der Waals surface area contributed by atoms with Crippen molar-refractivity contribution in [1.29, 1.82) is 0 Å². The first-order valence-electron chi connectivity index (χ1n) is 6.55. The quantitative estimate of drug-likeness (QED) is 0.809. The van der Waals surface area contributed by atoms with Gasteiger partial charge in [-0.1, -0.05) is 6.07 Å². The lowest BCUT2D eigenvalue weighted by atomic mass is 10.1. The van der Waals surface area contributed by atoms with Crippen LogP contribution in [-0.2, 0) is 11.3 Å². The molecule has 0 saturated carbocycles. The summed E-state index contributed by atoms with van der Waals surface area (Å²) in [5, 5.41) is 3.36. The highest BCUT2D eigenvalue weighted by Gasteiger charge is 2.03. The zero-order valence-corrected chi connectivity index (χ0v) is 11.8. The highest BCUT2D eigenvalue weighted by molar-refractivity contribution is 5.55. The van der Waals surface area contributed by atoms with Crippen LogP contribution in [0.25, 0.3) is 0 Å². The third kappa shape index (κ3) is 3.58. The third-order valence-corrected chi connectivity index (χ3v) is 3.23. The summed E-state index contributed by atoms with van der Waals surface area (Å²) in [5.74, 6) is 0.874. The molecule has 0 fully saturated rings. The lowest BCUT2D eigenvalue weighted by Gasteiger charge is -2.11. The Morgan fingerprint density at radius 3 is 2.84 bits per heavy atom. The molecule has 0 unspecified atom stereocenters. The first-order valence-corrected chi connectivity index (χ1v) is 6.55. The summed E-state index contributed by atoms with van der Waals surface area (Å²) >= 11 is 0. The largest absolute Gasteiger partial charge is 0.385 e. The van der Waals surface area contributed by atoms with Crippen LogP contribution in [0.5, 0.6) is 0 Å². The molecule has 2 rings (SSSR count). The highest BCUT2D eigenvalue weighted by Crippen LogP contribution is 2.18. The van der Waals surface area contributed by atoms with Crippen molar-refractivity contribution in [2.75, 3.05) is 19.0 Å². The van der Waals surface area contributed by atoms with Crippen molar-refractivity contribution in [3.8, 4) is 0 Å². The van der Waals surface area contributed by atoms with Gasteiger partial charge in [0, 0.05) is 38.3 Å². The standard InChI is InChI=1S/C15H21N3O/c1-12-5-6-14(11-13(12)2)17-15-16-7-9-18(15)8-4-10-19-3/h5-7,9,11H,4,8,10H2,1-3H3,(H,16,17). The Hall–Kier alpha value is -1.81. The van der Waals surface area contributed by atoms with Crippen molar-refractivity contribution < 1.29 is 4.74 Å². The molecule has 0 aliphatic carbocycles. The zero-order valence-electron chi connectivity index (χ0n) is 11.8. The van der Waals surface area contributed by atoms with E-state index in [1.807, 2.05) is 12.4 Å². The van der Waals surface area contributed by atoms with Gasteiger partial charge in [-0.05, 0) is 43.5 Å². The number of anilines is 2. The van der Waals surface area contributed by atoms with Gasteiger partial charge in [0.05, 0.1) is 0 Å². The molecule has 19 heavy (non-hydrogen) atoms. The van der Waals surface area contributed by atoms with Crippen LogP contribution in [0.4, 0.5) is 11.6 Å². The van der Waals surface area contributed by atoms with Crippen molar-refractivity contribution in [3.63, 3.8) is 0 Å². The molecule has 0 spiro atoms. The topological polar surface area (TPSA) is 39.1 Å². The average Bonchev–Trinajstić information content (AvgIpc) is 2.82. The van der Waals surface area contributed by atoms with E-state index in [4.69, 9.17) is 4.74 Å². The first kappa shape index (κ1) is 13.6. The van der Waals surface area contributed by atoms with Crippen LogP contribution in [0, 0.1) is 13.8 Å². The van der Waals surface area contributed by atoms with Crippen molar-refractivity contribution in [2.45, 2.75) is 26.8 Å². The maximum atomic E-state index is 5.07. The number of hydrogen-bond acceptors (Lipinski definition) is 3. The minimum absolute atomic E-state index is 0.765. The Kier molecular flexibility index (Phi) is 4.58. The number of rotatable bonds is 6. The van der Waals surface area contributed by atoms with Crippen molar-refractivity contribution in [3.05, 3.63) is 41.7 Å². The van der Waals surface area contributed by atoms with Gasteiger partial charge in [0.25, 0.3) is 0 Å². The average molecular weight is 259 g/mol. The van der Waals surface area contributed by atoms with E-state index in [-0.39, 0.29) is 0 Å². The summed E-state index contributed by atoms with van der Waals surface area (Å²) in [4.78, 5) is 4.35. The normalized spacial score (nSPS) is 10.7. The Bertz CT molecular complexity index is 534. The van der Waals surface area contributed by atoms with E-state index in [1.165, 1.54) is 11.1 Å². The van der Waals surface area contributed by atoms with Crippen molar-refractivity contribution in [1.82, 2.24) is 9.55 Å². The molecule has 0 bridgehead atoms. The highest BCUT2D eigenvalue weighted by atomic mass is 16.5. The monoisotopic (exact) mass is 259 g/mol. The van der Waals surface area contributed by atoms with E-state index >= 15 is 0 Å². The Balaban J connectivity index is 2.06. The van der Waals surface area contributed by atoms with E-state index in [0.29, 0.717) is 0 Å². The molecule has 102 valence electrons. The Labute approximate surface area is 114 Å². The van der Waals surface area contributed by atoms with Crippen LogP contribution in [0.2, 0.25) is 0 Å². The van der Waals surface area contributed by atoms with Crippen LogP contribution >= 0.6 is 0 Å². The number of ether oxygens (including phenoxy) is 1. The van der Waals surface area contributed by atoms with Crippen LogP contribution in [0.1, 0.15) is 17.5 Å². The number of nitrogens with zero attached hydrogens (tertiary/aromatic N) is 2. The second-order valence-electron chi connectivity index (χ2n) is 4.71. The zero-order chi connectivity index (χ0) is 13.7.